The highest BCUT2D eigenvalue weighted by molar-refractivity contribution is 6.28. The van der Waals surface area contributed by atoms with Crippen molar-refractivity contribution < 1.29 is 14.5 Å². The van der Waals surface area contributed by atoms with Gasteiger partial charge in [-0.15, -0.1) is 0 Å². The molecule has 1 aromatic heterocycles. The maximum atomic E-state index is 11.4. The van der Waals surface area contributed by atoms with E-state index in [0.717, 1.165) is 0 Å². The number of aromatic nitrogens is 2. The van der Waals surface area contributed by atoms with E-state index in [-0.39, 0.29) is 35.6 Å². The first-order chi connectivity index (χ1) is 9.41. The van der Waals surface area contributed by atoms with E-state index < -0.39 is 16.9 Å². The molecule has 0 spiro atoms. The van der Waals surface area contributed by atoms with Crippen molar-refractivity contribution in [3.8, 4) is 0 Å². The van der Waals surface area contributed by atoms with Gasteiger partial charge in [-0.25, -0.2) is 4.98 Å². The molecule has 1 aromatic rings. The molecule has 0 aliphatic carbocycles. The Hall–Kier alpha value is -2.00. The summed E-state index contributed by atoms with van der Waals surface area (Å²) in [6.07, 6.45) is 0. The average Bonchev–Trinajstić information content (AvgIpc) is 2.37. The Morgan fingerprint density at radius 2 is 2.30 bits per heavy atom. The maximum Gasteiger partial charge on any atom is 0.332 e. The van der Waals surface area contributed by atoms with Gasteiger partial charge in [0.25, 0.3) is 0 Å². The molecule has 9 nitrogen and oxygen atoms in total. The number of amides is 1. The van der Waals surface area contributed by atoms with Gasteiger partial charge in [0.15, 0.2) is 0 Å². The van der Waals surface area contributed by atoms with E-state index in [0.29, 0.717) is 6.61 Å². The van der Waals surface area contributed by atoms with E-state index in [2.05, 4.69) is 9.97 Å². The molecule has 10 heteroatoms. The van der Waals surface area contributed by atoms with Gasteiger partial charge < -0.3 is 15.4 Å². The fourth-order valence-corrected chi connectivity index (χ4v) is 2.23. The predicted octanol–water partition coefficient (Wildman–Crippen LogP) is 0.0371. The zero-order valence-corrected chi connectivity index (χ0v) is 11.3. The third-order valence-corrected chi connectivity index (χ3v) is 3.09. The van der Waals surface area contributed by atoms with Crippen molar-refractivity contribution >= 4 is 29.0 Å². The molecular formula is C10H12ClN5O4. The number of anilines is 1. The van der Waals surface area contributed by atoms with Crippen LogP contribution in [0.25, 0.3) is 0 Å². The minimum absolute atomic E-state index is 0.0143. The van der Waals surface area contributed by atoms with E-state index in [4.69, 9.17) is 22.1 Å². The zero-order valence-electron chi connectivity index (χ0n) is 10.6. The van der Waals surface area contributed by atoms with E-state index in [9.17, 15) is 14.9 Å². The minimum Gasteiger partial charge on any atom is -0.377 e. The fourth-order valence-electron chi connectivity index (χ4n) is 2.03. The second-order valence-corrected chi connectivity index (χ2v) is 4.53. The van der Waals surface area contributed by atoms with Crippen LogP contribution in [0.3, 0.4) is 0 Å². The smallest absolute Gasteiger partial charge is 0.332 e. The Morgan fingerprint density at radius 3 is 2.90 bits per heavy atom. The van der Waals surface area contributed by atoms with Gasteiger partial charge in [-0.3, -0.25) is 14.9 Å². The highest BCUT2D eigenvalue weighted by Gasteiger charge is 2.35. The summed E-state index contributed by atoms with van der Waals surface area (Å²) in [4.78, 5) is 31.1. The van der Waals surface area contributed by atoms with Gasteiger partial charge >= 0.3 is 5.69 Å². The number of primary amides is 1. The molecule has 1 unspecified atom stereocenters. The maximum absolute atomic E-state index is 11.4. The van der Waals surface area contributed by atoms with E-state index in [1.54, 1.807) is 0 Å². The number of morpholine rings is 1. The van der Waals surface area contributed by atoms with Crippen LogP contribution in [0.15, 0.2) is 0 Å². The lowest BCUT2D eigenvalue weighted by atomic mass is 10.2. The molecule has 2 rings (SSSR count). The Kier molecular flexibility index (Phi) is 4.00. The Bertz CT molecular complexity index is 567. The lowest BCUT2D eigenvalue weighted by molar-refractivity contribution is -0.385. The molecule has 1 saturated heterocycles. The van der Waals surface area contributed by atoms with Crippen LogP contribution in [0.4, 0.5) is 11.5 Å². The molecule has 0 aromatic carbocycles. The van der Waals surface area contributed by atoms with Gasteiger partial charge in [0, 0.05) is 6.54 Å². The van der Waals surface area contributed by atoms with Crippen LogP contribution in [0, 0.1) is 17.0 Å². The van der Waals surface area contributed by atoms with Gasteiger partial charge in [-0.2, -0.15) is 4.98 Å². The molecule has 2 N–H and O–H groups in total. The van der Waals surface area contributed by atoms with Crippen molar-refractivity contribution in [1.82, 2.24) is 9.97 Å². The number of ether oxygens (including phenoxy) is 1. The quantitative estimate of drug-likeness (QED) is 0.474. The predicted molar refractivity (Wildman–Crippen MR) is 69.6 cm³/mol. The summed E-state index contributed by atoms with van der Waals surface area (Å²) in [6, 6.07) is -0.826. The van der Waals surface area contributed by atoms with Crippen LogP contribution < -0.4 is 10.6 Å². The topological polar surface area (TPSA) is 124 Å². The summed E-state index contributed by atoms with van der Waals surface area (Å²) < 4.78 is 5.17. The van der Waals surface area contributed by atoms with Crippen molar-refractivity contribution in [2.24, 2.45) is 5.73 Å². The highest BCUT2D eigenvalue weighted by atomic mass is 35.5. The fraction of sp³-hybridized carbons (Fsp3) is 0.500. The first-order valence-corrected chi connectivity index (χ1v) is 6.12. The van der Waals surface area contributed by atoms with Gasteiger partial charge in [-0.05, 0) is 18.5 Å². The second kappa shape index (κ2) is 5.55. The number of nitrogens with zero attached hydrogens (tertiary/aromatic N) is 4. The molecule has 0 bridgehead atoms. The number of nitro groups is 1. The number of halogens is 1. The number of rotatable bonds is 3. The van der Waals surface area contributed by atoms with Gasteiger partial charge in [0.2, 0.25) is 17.0 Å². The Balaban J connectivity index is 2.54. The molecule has 20 heavy (non-hydrogen) atoms. The summed E-state index contributed by atoms with van der Waals surface area (Å²) >= 11 is 5.75. The summed E-state index contributed by atoms with van der Waals surface area (Å²) in [5, 5.41) is 11.1. The first-order valence-electron chi connectivity index (χ1n) is 5.74. The summed E-state index contributed by atoms with van der Waals surface area (Å²) in [7, 11) is 0. The molecule has 1 aliphatic rings. The van der Waals surface area contributed by atoms with Gasteiger partial charge in [0.1, 0.15) is 11.7 Å². The van der Waals surface area contributed by atoms with Crippen molar-refractivity contribution in [3.05, 3.63) is 21.1 Å². The molecule has 0 radical (unpaired) electrons. The molecule has 1 fully saturated rings. The van der Waals surface area contributed by atoms with Crippen LogP contribution in [-0.2, 0) is 9.53 Å². The van der Waals surface area contributed by atoms with Crippen molar-refractivity contribution in [2.45, 2.75) is 13.0 Å². The van der Waals surface area contributed by atoms with E-state index in [1.807, 2.05) is 0 Å². The molecule has 1 atom stereocenters. The lowest BCUT2D eigenvalue weighted by Crippen LogP contribution is -2.53. The van der Waals surface area contributed by atoms with E-state index >= 15 is 0 Å². The van der Waals surface area contributed by atoms with Crippen LogP contribution in [0.5, 0.6) is 0 Å². The highest BCUT2D eigenvalue weighted by Crippen LogP contribution is 2.31. The van der Waals surface area contributed by atoms with Gasteiger partial charge in [-0.1, -0.05) is 0 Å². The number of hydrogen-bond acceptors (Lipinski definition) is 7. The second-order valence-electron chi connectivity index (χ2n) is 4.19. The monoisotopic (exact) mass is 301 g/mol. The third-order valence-electron chi connectivity index (χ3n) is 2.92. The minimum atomic E-state index is -0.826. The molecular weight excluding hydrogens is 290 g/mol. The van der Waals surface area contributed by atoms with Crippen LogP contribution in [-0.4, -0.2) is 46.6 Å². The van der Waals surface area contributed by atoms with Crippen molar-refractivity contribution in [1.29, 1.82) is 0 Å². The number of carbonyl (C=O) groups is 1. The molecule has 1 aliphatic heterocycles. The molecule has 108 valence electrons. The van der Waals surface area contributed by atoms with Crippen LogP contribution >= 0.6 is 11.6 Å². The molecule has 2 heterocycles. The van der Waals surface area contributed by atoms with Crippen LogP contribution in [0.1, 0.15) is 5.69 Å². The van der Waals surface area contributed by atoms with E-state index in [1.165, 1.54) is 11.8 Å². The number of hydrogen-bond donors (Lipinski definition) is 1. The number of aryl methyl sites for hydroxylation is 1. The Morgan fingerprint density at radius 1 is 1.60 bits per heavy atom. The first kappa shape index (κ1) is 14.4. The summed E-state index contributed by atoms with van der Waals surface area (Å²) in [6.45, 7) is 2.06. The van der Waals surface area contributed by atoms with Crippen molar-refractivity contribution in [3.63, 3.8) is 0 Å². The SMILES string of the molecule is Cc1nc(Cl)nc(N2CCOCC2C(N)=O)c1[N+](=O)[O-]. The average molecular weight is 302 g/mol. The van der Waals surface area contributed by atoms with Crippen LogP contribution in [0.2, 0.25) is 5.28 Å². The van der Waals surface area contributed by atoms with Crippen molar-refractivity contribution in [2.75, 3.05) is 24.7 Å². The molecule has 1 amide bonds. The Labute approximate surface area is 118 Å². The zero-order chi connectivity index (χ0) is 14.9. The summed E-state index contributed by atoms with van der Waals surface area (Å²) in [5.74, 6) is -0.661. The normalized spacial score (nSPS) is 18.9. The molecule has 0 saturated carbocycles. The number of nitrogens with two attached hydrogens (primary N) is 1. The third kappa shape index (κ3) is 2.63. The van der Waals surface area contributed by atoms with Gasteiger partial charge in [0.05, 0.1) is 18.1 Å². The standard InChI is InChI=1S/C10H12ClN5O4/c1-5-7(16(18)19)9(14-10(11)13-5)15-2-3-20-4-6(15)8(12)17/h6H,2-4H2,1H3,(H2,12,17). The lowest BCUT2D eigenvalue weighted by Gasteiger charge is -2.34. The largest absolute Gasteiger partial charge is 0.377 e. The summed E-state index contributed by atoms with van der Waals surface area (Å²) in [5.41, 5.74) is 5.13. The number of carbonyl (C=O) groups excluding carboxylic acids is 1.